The molecule has 0 unspecified atom stereocenters. The van der Waals surface area contributed by atoms with Crippen molar-refractivity contribution in [1.29, 1.82) is 0 Å². The summed E-state index contributed by atoms with van der Waals surface area (Å²) in [5, 5.41) is 5.63. The Balaban J connectivity index is 0.928. The number of hydrogen-bond donors (Lipinski definition) is 0. The fraction of sp³-hybridized carbons (Fsp3) is 0. The third-order valence-electron chi connectivity index (χ3n) is 11.9. The fourth-order valence-electron chi connectivity index (χ4n) is 8.75. The van der Waals surface area contributed by atoms with Crippen molar-refractivity contribution in [2.24, 2.45) is 0 Å². The fourth-order valence-corrected chi connectivity index (χ4v) is 8.75. The lowest BCUT2D eigenvalue weighted by Crippen LogP contribution is -2.00. The van der Waals surface area contributed by atoms with Gasteiger partial charge in [0.05, 0.1) is 5.52 Å². The zero-order valence-electron chi connectivity index (χ0n) is 34.0. The molecule has 0 saturated heterocycles. The number of rotatable bonds is 7. The second-order valence-electron chi connectivity index (χ2n) is 15.8. The summed E-state index contributed by atoms with van der Waals surface area (Å²) >= 11 is 0. The molecule has 0 saturated carbocycles. The number of pyridine rings is 1. The number of aromatic nitrogens is 4. The Morgan fingerprint density at radius 2 is 0.730 bits per heavy atom. The van der Waals surface area contributed by atoms with Gasteiger partial charge in [0.2, 0.25) is 0 Å². The van der Waals surface area contributed by atoms with Crippen LogP contribution in [-0.4, -0.2) is 19.9 Å². The van der Waals surface area contributed by atoms with Crippen molar-refractivity contribution in [3.63, 3.8) is 0 Å². The molecular weight excluding hydrogens is 769 g/mol. The normalized spacial score (nSPS) is 11.5. The van der Waals surface area contributed by atoms with Crippen LogP contribution in [0.5, 0.6) is 0 Å². The molecule has 0 aliphatic carbocycles. The summed E-state index contributed by atoms with van der Waals surface area (Å²) in [5.74, 6) is 1.84. The van der Waals surface area contributed by atoms with Gasteiger partial charge in [-0.3, -0.25) is 0 Å². The average Bonchev–Trinajstić information content (AvgIpc) is 3.76. The Morgan fingerprint density at radius 1 is 0.286 bits per heavy atom. The van der Waals surface area contributed by atoms with E-state index in [-0.39, 0.29) is 0 Å². The minimum atomic E-state index is 0.606. The van der Waals surface area contributed by atoms with Crippen molar-refractivity contribution in [1.82, 2.24) is 19.9 Å². The van der Waals surface area contributed by atoms with E-state index in [0.29, 0.717) is 17.5 Å². The van der Waals surface area contributed by atoms with Crippen LogP contribution in [0.25, 0.3) is 122 Å². The first-order chi connectivity index (χ1) is 31.2. The largest absolute Gasteiger partial charge is 0.454 e. The summed E-state index contributed by atoms with van der Waals surface area (Å²) in [4.78, 5) is 20.5. The first-order valence-electron chi connectivity index (χ1n) is 21.1. The zero-order valence-corrected chi connectivity index (χ0v) is 34.0. The van der Waals surface area contributed by atoms with E-state index in [0.717, 1.165) is 94.2 Å². The highest BCUT2D eigenvalue weighted by molar-refractivity contribution is 6.27. The molecule has 0 N–H and O–H groups in total. The molecule has 0 fully saturated rings. The number of furan rings is 1. The lowest BCUT2D eigenvalue weighted by Gasteiger charge is -2.11. The minimum absolute atomic E-state index is 0.606. The van der Waals surface area contributed by atoms with Crippen LogP contribution in [0.3, 0.4) is 0 Å². The number of fused-ring (bicyclic) bond motifs is 7. The van der Waals surface area contributed by atoms with Crippen molar-refractivity contribution in [2.75, 3.05) is 0 Å². The van der Waals surface area contributed by atoms with E-state index in [1.54, 1.807) is 0 Å². The molecular formula is C58H36N4O. The first kappa shape index (κ1) is 36.3. The van der Waals surface area contributed by atoms with Gasteiger partial charge in [0.25, 0.3) is 0 Å². The third-order valence-corrected chi connectivity index (χ3v) is 11.9. The quantitative estimate of drug-likeness (QED) is 0.150. The smallest absolute Gasteiger partial charge is 0.164 e. The van der Waals surface area contributed by atoms with E-state index < -0.39 is 0 Å². The average molecular weight is 805 g/mol. The van der Waals surface area contributed by atoms with Crippen LogP contribution in [-0.2, 0) is 0 Å². The van der Waals surface area contributed by atoms with E-state index in [9.17, 15) is 0 Å². The summed E-state index contributed by atoms with van der Waals surface area (Å²) in [6, 6.07) is 75.7. The van der Waals surface area contributed by atoms with Crippen molar-refractivity contribution in [3.05, 3.63) is 218 Å². The van der Waals surface area contributed by atoms with Gasteiger partial charge in [-0.2, -0.15) is 0 Å². The maximum atomic E-state index is 6.66. The summed E-state index contributed by atoms with van der Waals surface area (Å²) in [6.45, 7) is 0. The van der Waals surface area contributed by atoms with Crippen molar-refractivity contribution in [2.45, 2.75) is 0 Å². The van der Waals surface area contributed by atoms with Crippen molar-refractivity contribution >= 4 is 43.6 Å². The molecule has 63 heavy (non-hydrogen) atoms. The van der Waals surface area contributed by atoms with Gasteiger partial charge in [-0.05, 0) is 62.4 Å². The Labute approximate surface area is 363 Å². The Hall–Kier alpha value is -8.54. The lowest BCUT2D eigenvalue weighted by molar-refractivity contribution is 0.669. The van der Waals surface area contributed by atoms with E-state index in [1.165, 1.54) is 10.8 Å². The number of nitrogens with zero attached hydrogens (tertiary/aromatic N) is 4. The van der Waals surface area contributed by atoms with Crippen LogP contribution in [0.4, 0.5) is 0 Å². The molecule has 12 rings (SSSR count). The molecule has 0 atom stereocenters. The molecule has 3 aromatic heterocycles. The molecule has 0 spiro atoms. The molecule has 12 aromatic rings. The van der Waals surface area contributed by atoms with Crippen LogP contribution in [0.1, 0.15) is 0 Å². The van der Waals surface area contributed by atoms with Crippen LogP contribution >= 0.6 is 0 Å². The zero-order chi connectivity index (χ0) is 41.7. The highest BCUT2D eigenvalue weighted by Gasteiger charge is 2.20. The van der Waals surface area contributed by atoms with Crippen LogP contribution in [0, 0.1) is 0 Å². The Bertz CT molecular complexity index is 3540. The molecule has 0 aliphatic rings. The van der Waals surface area contributed by atoms with Gasteiger partial charge >= 0.3 is 0 Å². The van der Waals surface area contributed by atoms with Gasteiger partial charge in [-0.1, -0.05) is 200 Å². The standard InChI is InChI=1S/C58H36N4O/c1-3-12-37(13-4-1)39-22-28-43(29-23-39)56-60-57(44-30-24-40(25-31-44)38-14-5-2-6-15-38)62-58(61-56)45-32-26-41(27-33-45)46-17-11-18-47(36-46)54-55-53(49-20-9-10-21-51(49)63-55)52-48-19-8-7-16-42(48)34-35-50(52)59-54/h1-36H. The van der Waals surface area contributed by atoms with Crippen LogP contribution < -0.4 is 0 Å². The van der Waals surface area contributed by atoms with E-state index >= 15 is 0 Å². The number of benzene rings is 9. The molecule has 9 aromatic carbocycles. The van der Waals surface area contributed by atoms with Gasteiger partial charge in [-0.15, -0.1) is 0 Å². The summed E-state index contributed by atoms with van der Waals surface area (Å²) in [6.07, 6.45) is 0. The maximum absolute atomic E-state index is 6.66. The minimum Gasteiger partial charge on any atom is -0.454 e. The highest BCUT2D eigenvalue weighted by atomic mass is 16.3. The third kappa shape index (κ3) is 6.60. The number of hydrogen-bond acceptors (Lipinski definition) is 5. The Kier molecular flexibility index (Phi) is 8.75. The monoisotopic (exact) mass is 804 g/mol. The summed E-state index contributed by atoms with van der Waals surface area (Å²) in [5.41, 5.74) is 13.8. The molecule has 0 aliphatic heterocycles. The molecule has 0 radical (unpaired) electrons. The first-order valence-corrected chi connectivity index (χ1v) is 21.1. The van der Waals surface area contributed by atoms with E-state index in [1.807, 2.05) is 24.3 Å². The van der Waals surface area contributed by atoms with Crippen molar-refractivity contribution in [3.8, 4) is 78.8 Å². The highest BCUT2D eigenvalue weighted by Crippen LogP contribution is 2.42. The summed E-state index contributed by atoms with van der Waals surface area (Å²) in [7, 11) is 0. The second-order valence-corrected chi connectivity index (χ2v) is 15.8. The van der Waals surface area contributed by atoms with Gasteiger partial charge in [0, 0.05) is 38.4 Å². The predicted octanol–water partition coefficient (Wildman–Crippen LogP) is 15.1. The predicted molar refractivity (Wildman–Crippen MR) is 258 cm³/mol. The van der Waals surface area contributed by atoms with Crippen LogP contribution in [0.15, 0.2) is 223 Å². The second kappa shape index (κ2) is 15.2. The van der Waals surface area contributed by atoms with Gasteiger partial charge in [-0.25, -0.2) is 19.9 Å². The Morgan fingerprint density at radius 3 is 1.32 bits per heavy atom. The molecule has 5 heteroatoms. The SMILES string of the molecule is c1ccc(-c2ccc(-c3nc(-c4ccc(-c5ccccc5)cc4)nc(-c4ccc(-c5cccc(-c6nc7ccc8ccccc8c7c7c6oc6ccccc67)c5)cc4)n3)cc2)cc1. The number of para-hydroxylation sites is 1. The summed E-state index contributed by atoms with van der Waals surface area (Å²) < 4.78 is 6.66. The molecule has 3 heterocycles. The topological polar surface area (TPSA) is 64.7 Å². The van der Waals surface area contributed by atoms with E-state index in [4.69, 9.17) is 24.4 Å². The lowest BCUT2D eigenvalue weighted by atomic mass is 9.97. The maximum Gasteiger partial charge on any atom is 0.164 e. The molecule has 5 nitrogen and oxygen atoms in total. The molecule has 0 amide bonds. The van der Waals surface area contributed by atoms with Crippen LogP contribution in [0.2, 0.25) is 0 Å². The van der Waals surface area contributed by atoms with E-state index in [2.05, 4.69) is 194 Å². The molecule has 294 valence electrons. The molecule has 0 bridgehead atoms. The van der Waals surface area contributed by atoms with Gasteiger partial charge in [0.1, 0.15) is 11.3 Å². The van der Waals surface area contributed by atoms with Crippen molar-refractivity contribution < 1.29 is 4.42 Å². The van der Waals surface area contributed by atoms with Gasteiger partial charge in [0.15, 0.2) is 23.1 Å². The van der Waals surface area contributed by atoms with Gasteiger partial charge < -0.3 is 4.42 Å².